The van der Waals surface area contributed by atoms with E-state index in [0.29, 0.717) is 4.90 Å². The van der Waals surface area contributed by atoms with E-state index in [1.807, 2.05) is 6.07 Å². The predicted octanol–water partition coefficient (Wildman–Crippen LogP) is 1.63. The average Bonchev–Trinajstić information content (AvgIpc) is 2.71. The van der Waals surface area contributed by atoms with Gasteiger partial charge in [0.15, 0.2) is 9.84 Å². The van der Waals surface area contributed by atoms with E-state index in [9.17, 15) is 8.42 Å². The van der Waals surface area contributed by atoms with Gasteiger partial charge in [-0.15, -0.1) is 12.4 Å². The summed E-state index contributed by atoms with van der Waals surface area (Å²) in [6.07, 6.45) is 2.04. The Kier molecular flexibility index (Phi) is 4.77. The highest BCUT2D eigenvalue weighted by Gasteiger charge is 2.23. The van der Waals surface area contributed by atoms with Crippen molar-refractivity contribution < 1.29 is 8.42 Å². The van der Waals surface area contributed by atoms with Crippen molar-refractivity contribution in [2.45, 2.75) is 23.8 Å². The van der Waals surface area contributed by atoms with Crippen LogP contribution in [0.4, 0.5) is 0 Å². The van der Waals surface area contributed by atoms with Crippen molar-refractivity contribution in [2.75, 3.05) is 12.3 Å². The lowest BCUT2D eigenvalue weighted by Gasteiger charge is -2.10. The summed E-state index contributed by atoms with van der Waals surface area (Å²) in [6.45, 7) is 0.939. The molecule has 90 valence electrons. The molecule has 1 N–H and O–H groups in total. The lowest BCUT2D eigenvalue weighted by Crippen LogP contribution is -2.29. The van der Waals surface area contributed by atoms with Crippen LogP contribution in [0.5, 0.6) is 0 Å². The zero-order chi connectivity index (χ0) is 10.7. The normalized spacial score (nSPS) is 20.4. The van der Waals surface area contributed by atoms with Gasteiger partial charge in [-0.3, -0.25) is 0 Å². The van der Waals surface area contributed by atoms with Crippen LogP contribution in [0.15, 0.2) is 35.2 Å². The summed E-state index contributed by atoms with van der Waals surface area (Å²) in [6, 6.07) is 8.79. The van der Waals surface area contributed by atoms with Crippen molar-refractivity contribution >= 4 is 22.2 Å². The van der Waals surface area contributed by atoms with E-state index in [4.69, 9.17) is 0 Å². The van der Waals surface area contributed by atoms with Crippen LogP contribution in [0, 0.1) is 0 Å². The van der Waals surface area contributed by atoms with Crippen LogP contribution < -0.4 is 5.32 Å². The Bertz CT molecular complexity index is 413. The maximum atomic E-state index is 11.9. The summed E-state index contributed by atoms with van der Waals surface area (Å²) < 4.78 is 23.9. The van der Waals surface area contributed by atoms with Gasteiger partial charge in [0, 0.05) is 6.04 Å². The lowest BCUT2D eigenvalue weighted by molar-refractivity contribution is 0.577. The Morgan fingerprint density at radius 3 is 2.50 bits per heavy atom. The van der Waals surface area contributed by atoms with Crippen LogP contribution in [-0.4, -0.2) is 26.8 Å². The molecule has 0 saturated carbocycles. The molecule has 3 nitrogen and oxygen atoms in total. The summed E-state index contributed by atoms with van der Waals surface area (Å²) in [5.41, 5.74) is 0. The fourth-order valence-corrected chi connectivity index (χ4v) is 3.47. The van der Waals surface area contributed by atoms with Gasteiger partial charge in [0.25, 0.3) is 0 Å². The molecule has 1 saturated heterocycles. The number of sulfone groups is 1. The van der Waals surface area contributed by atoms with Crippen molar-refractivity contribution in [3.05, 3.63) is 30.3 Å². The summed E-state index contributed by atoms with van der Waals surface area (Å²) in [4.78, 5) is 0.429. The second-order valence-electron chi connectivity index (χ2n) is 3.89. The summed E-state index contributed by atoms with van der Waals surface area (Å²) in [5.74, 6) is 0.219. The molecule has 0 aliphatic carbocycles. The molecule has 0 unspecified atom stereocenters. The second-order valence-corrected chi connectivity index (χ2v) is 5.92. The van der Waals surface area contributed by atoms with Crippen LogP contribution in [0.25, 0.3) is 0 Å². The topological polar surface area (TPSA) is 46.2 Å². The number of hydrogen-bond donors (Lipinski definition) is 1. The van der Waals surface area contributed by atoms with Gasteiger partial charge in [-0.1, -0.05) is 18.2 Å². The van der Waals surface area contributed by atoms with E-state index in [1.165, 1.54) is 0 Å². The van der Waals surface area contributed by atoms with Gasteiger partial charge in [-0.25, -0.2) is 8.42 Å². The maximum Gasteiger partial charge on any atom is 0.179 e. The molecule has 1 aliphatic heterocycles. The first-order chi connectivity index (χ1) is 7.18. The Labute approximate surface area is 103 Å². The monoisotopic (exact) mass is 261 g/mol. The SMILES string of the molecule is Cl.O=S(=O)(C[C@H]1CCCN1)c1ccccc1. The summed E-state index contributed by atoms with van der Waals surface area (Å²) in [5, 5.41) is 3.20. The van der Waals surface area contributed by atoms with Gasteiger partial charge in [-0.2, -0.15) is 0 Å². The van der Waals surface area contributed by atoms with Crippen LogP contribution in [-0.2, 0) is 9.84 Å². The van der Waals surface area contributed by atoms with Crippen LogP contribution in [0.2, 0.25) is 0 Å². The standard InChI is InChI=1S/C11H15NO2S.ClH/c13-15(14,9-10-5-4-8-12-10)11-6-2-1-3-7-11;/h1-3,6-7,10,12H,4-5,8-9H2;1H/t10-;/m1./s1. The minimum Gasteiger partial charge on any atom is -0.313 e. The zero-order valence-electron chi connectivity index (χ0n) is 8.93. The summed E-state index contributed by atoms with van der Waals surface area (Å²) in [7, 11) is -3.11. The molecule has 1 atom stereocenters. The number of rotatable bonds is 3. The van der Waals surface area contributed by atoms with E-state index in [0.717, 1.165) is 19.4 Å². The molecule has 1 aliphatic rings. The minimum absolute atomic E-state index is 0. The first-order valence-corrected chi connectivity index (χ1v) is 6.85. The van der Waals surface area contributed by atoms with Crippen molar-refractivity contribution in [2.24, 2.45) is 0 Å². The number of nitrogens with one attached hydrogen (secondary N) is 1. The highest BCUT2D eigenvalue weighted by Crippen LogP contribution is 2.15. The molecule has 0 radical (unpaired) electrons. The lowest BCUT2D eigenvalue weighted by atomic mass is 10.3. The van der Waals surface area contributed by atoms with Crippen LogP contribution in [0.3, 0.4) is 0 Å². The molecule has 0 aromatic heterocycles. The second kappa shape index (κ2) is 5.66. The van der Waals surface area contributed by atoms with Crippen molar-refractivity contribution in [3.8, 4) is 0 Å². The fraction of sp³-hybridized carbons (Fsp3) is 0.455. The Balaban J connectivity index is 0.00000128. The quantitative estimate of drug-likeness (QED) is 0.900. The molecular weight excluding hydrogens is 246 g/mol. The molecule has 1 aromatic carbocycles. The van der Waals surface area contributed by atoms with Gasteiger partial charge in [0.2, 0.25) is 0 Å². The largest absolute Gasteiger partial charge is 0.313 e. The molecule has 0 bridgehead atoms. The third kappa shape index (κ3) is 3.20. The first-order valence-electron chi connectivity index (χ1n) is 5.20. The number of benzene rings is 1. The number of halogens is 1. The van der Waals surface area contributed by atoms with E-state index < -0.39 is 9.84 Å². The molecule has 0 amide bonds. The molecule has 1 heterocycles. The van der Waals surface area contributed by atoms with Gasteiger partial charge in [-0.05, 0) is 31.5 Å². The van der Waals surface area contributed by atoms with Crippen molar-refractivity contribution in [1.82, 2.24) is 5.32 Å². The van der Waals surface area contributed by atoms with Crippen LogP contribution in [0.1, 0.15) is 12.8 Å². The number of hydrogen-bond acceptors (Lipinski definition) is 3. The third-order valence-electron chi connectivity index (χ3n) is 2.69. The van der Waals surface area contributed by atoms with Crippen LogP contribution >= 0.6 is 12.4 Å². The molecule has 1 fully saturated rings. The van der Waals surface area contributed by atoms with Gasteiger partial charge in [0.1, 0.15) is 0 Å². The predicted molar refractivity (Wildman–Crippen MR) is 66.8 cm³/mol. The molecule has 1 aromatic rings. The molecule has 16 heavy (non-hydrogen) atoms. The Morgan fingerprint density at radius 1 is 1.25 bits per heavy atom. The Morgan fingerprint density at radius 2 is 1.94 bits per heavy atom. The molecule has 0 spiro atoms. The third-order valence-corrected chi connectivity index (χ3v) is 4.52. The van der Waals surface area contributed by atoms with E-state index in [-0.39, 0.29) is 24.2 Å². The summed E-state index contributed by atoms with van der Waals surface area (Å²) >= 11 is 0. The van der Waals surface area contributed by atoms with E-state index in [2.05, 4.69) is 5.32 Å². The molecule has 2 rings (SSSR count). The smallest absolute Gasteiger partial charge is 0.179 e. The van der Waals surface area contributed by atoms with Gasteiger partial charge < -0.3 is 5.32 Å². The molecule has 5 heteroatoms. The first kappa shape index (κ1) is 13.5. The van der Waals surface area contributed by atoms with Gasteiger partial charge >= 0.3 is 0 Å². The fourth-order valence-electron chi connectivity index (χ4n) is 1.89. The average molecular weight is 262 g/mol. The highest BCUT2D eigenvalue weighted by atomic mass is 35.5. The highest BCUT2D eigenvalue weighted by molar-refractivity contribution is 7.91. The van der Waals surface area contributed by atoms with Crippen molar-refractivity contribution in [3.63, 3.8) is 0 Å². The van der Waals surface area contributed by atoms with E-state index in [1.54, 1.807) is 24.3 Å². The zero-order valence-corrected chi connectivity index (χ0v) is 10.6. The van der Waals surface area contributed by atoms with Gasteiger partial charge in [0.05, 0.1) is 10.6 Å². The Hall–Kier alpha value is -0.580. The van der Waals surface area contributed by atoms with Crippen molar-refractivity contribution in [1.29, 1.82) is 0 Å². The maximum absolute atomic E-state index is 11.9. The van der Waals surface area contributed by atoms with E-state index >= 15 is 0 Å². The minimum atomic E-state index is -3.11. The molecular formula is C11H16ClNO2S.